The summed E-state index contributed by atoms with van der Waals surface area (Å²) in [6.07, 6.45) is 2.42. The zero-order valence-electron chi connectivity index (χ0n) is 5.71. The van der Waals surface area contributed by atoms with Gasteiger partial charge >= 0.3 is 0 Å². The number of halogens is 1. The van der Waals surface area contributed by atoms with Gasteiger partial charge in [-0.1, -0.05) is 18.2 Å². The monoisotopic (exact) mass is 171 g/mol. The van der Waals surface area contributed by atoms with E-state index < -0.39 is 0 Å². The van der Waals surface area contributed by atoms with Crippen molar-refractivity contribution in [2.24, 2.45) is 0 Å². The Morgan fingerprint density at radius 3 is 2.27 bits per heavy atom. The molecule has 0 N–H and O–H groups in total. The number of hydrogen-bond acceptors (Lipinski definition) is 2. The number of hydrogen-bond donors (Lipinski definition) is 0. The molecule has 0 aliphatic carbocycles. The highest BCUT2D eigenvalue weighted by atomic mass is 35.5. The molecule has 0 atom stereocenters. The van der Waals surface area contributed by atoms with E-state index in [1.807, 2.05) is 0 Å². The predicted octanol–water partition coefficient (Wildman–Crippen LogP) is 0.664. The van der Waals surface area contributed by atoms with E-state index in [1.54, 1.807) is 0 Å². The smallest absolute Gasteiger partial charge is 0.253 e. The first-order chi connectivity index (χ1) is 5.11. The molecule has 2 amide bonds. The molecule has 1 heterocycles. The second-order valence-corrected chi connectivity index (χ2v) is 2.65. The molecule has 0 radical (unpaired) electrons. The fourth-order valence-corrected chi connectivity index (χ4v) is 0.878. The van der Waals surface area contributed by atoms with E-state index in [2.05, 4.69) is 6.58 Å². The normalized spacial score (nSPS) is 16.3. The van der Waals surface area contributed by atoms with Crippen molar-refractivity contribution in [3.63, 3.8) is 0 Å². The van der Waals surface area contributed by atoms with Crippen LogP contribution in [0.5, 0.6) is 0 Å². The van der Waals surface area contributed by atoms with E-state index in [1.165, 1.54) is 12.2 Å². The number of carbonyl (C=O) groups excluding carboxylic acids is 2. The lowest BCUT2D eigenvalue weighted by atomic mass is 10.5. The van der Waals surface area contributed by atoms with Gasteiger partial charge in [0, 0.05) is 17.2 Å². The number of rotatable bonds is 2. The largest absolute Gasteiger partial charge is 0.270 e. The van der Waals surface area contributed by atoms with Crippen LogP contribution in [-0.4, -0.2) is 23.3 Å². The van der Waals surface area contributed by atoms with E-state index in [-0.39, 0.29) is 23.4 Å². The van der Waals surface area contributed by atoms with Crippen molar-refractivity contribution >= 4 is 23.4 Å². The van der Waals surface area contributed by atoms with Crippen LogP contribution in [0.15, 0.2) is 23.8 Å². The lowest BCUT2D eigenvalue weighted by Crippen LogP contribution is -2.30. The van der Waals surface area contributed by atoms with Gasteiger partial charge in [-0.25, -0.2) is 0 Å². The summed E-state index contributed by atoms with van der Waals surface area (Å²) < 4.78 is 0. The van der Waals surface area contributed by atoms with E-state index in [9.17, 15) is 9.59 Å². The van der Waals surface area contributed by atoms with E-state index >= 15 is 0 Å². The van der Waals surface area contributed by atoms with Crippen molar-refractivity contribution in [2.75, 3.05) is 6.54 Å². The molecule has 1 rings (SSSR count). The summed E-state index contributed by atoms with van der Waals surface area (Å²) in [6, 6.07) is 0. The number of imide groups is 1. The molecule has 3 nitrogen and oxygen atoms in total. The standard InChI is InChI=1S/C7H6ClNO2/c1-5(8)4-9-6(10)2-3-7(9)11/h2-3H,1,4H2. The average molecular weight is 172 g/mol. The Labute approximate surface area is 68.9 Å². The first-order valence-corrected chi connectivity index (χ1v) is 3.36. The third-order valence-electron chi connectivity index (χ3n) is 1.23. The minimum atomic E-state index is -0.336. The van der Waals surface area contributed by atoms with Gasteiger partial charge in [-0.15, -0.1) is 0 Å². The van der Waals surface area contributed by atoms with Gasteiger partial charge < -0.3 is 0 Å². The molecule has 11 heavy (non-hydrogen) atoms. The Kier molecular flexibility index (Phi) is 2.10. The summed E-state index contributed by atoms with van der Waals surface area (Å²) in [6.45, 7) is 3.47. The van der Waals surface area contributed by atoms with Crippen LogP contribution in [0.3, 0.4) is 0 Å². The Bertz CT molecular complexity index is 239. The van der Waals surface area contributed by atoms with Crippen LogP contribution in [0.1, 0.15) is 0 Å². The van der Waals surface area contributed by atoms with Gasteiger partial charge in [0.05, 0.1) is 6.54 Å². The number of amides is 2. The van der Waals surface area contributed by atoms with E-state index in [0.29, 0.717) is 0 Å². The van der Waals surface area contributed by atoms with Crippen molar-refractivity contribution in [3.8, 4) is 0 Å². The molecular formula is C7H6ClNO2. The molecule has 0 saturated carbocycles. The highest BCUT2D eigenvalue weighted by Gasteiger charge is 2.22. The molecule has 0 aromatic carbocycles. The highest BCUT2D eigenvalue weighted by molar-refractivity contribution is 6.30. The maximum Gasteiger partial charge on any atom is 0.253 e. The zero-order chi connectivity index (χ0) is 8.43. The summed E-state index contributed by atoms with van der Waals surface area (Å²) in [5, 5.41) is 0.274. The molecule has 0 bridgehead atoms. The highest BCUT2D eigenvalue weighted by Crippen LogP contribution is 2.07. The van der Waals surface area contributed by atoms with Gasteiger partial charge in [0.15, 0.2) is 0 Å². The molecule has 0 fully saturated rings. The molecule has 4 heteroatoms. The van der Waals surface area contributed by atoms with Gasteiger partial charge in [0.2, 0.25) is 0 Å². The summed E-state index contributed by atoms with van der Waals surface area (Å²) >= 11 is 5.42. The van der Waals surface area contributed by atoms with Crippen LogP contribution >= 0.6 is 11.6 Å². The second-order valence-electron chi connectivity index (χ2n) is 2.11. The molecular weight excluding hydrogens is 166 g/mol. The molecule has 0 spiro atoms. The van der Waals surface area contributed by atoms with Crippen molar-refractivity contribution < 1.29 is 9.59 Å². The van der Waals surface area contributed by atoms with Gasteiger partial charge in [-0.05, 0) is 0 Å². The summed E-state index contributed by atoms with van der Waals surface area (Å²) in [7, 11) is 0. The maximum absolute atomic E-state index is 10.8. The average Bonchev–Trinajstić information content (AvgIpc) is 2.18. The third kappa shape index (κ3) is 1.68. The fourth-order valence-electron chi connectivity index (χ4n) is 0.759. The molecule has 1 aliphatic rings. The zero-order valence-corrected chi connectivity index (χ0v) is 6.47. The molecule has 58 valence electrons. The molecule has 0 aromatic heterocycles. The minimum Gasteiger partial charge on any atom is -0.270 e. The van der Waals surface area contributed by atoms with E-state index in [4.69, 9.17) is 11.6 Å². The SMILES string of the molecule is C=C(Cl)CN1C(=O)C=CC1=O. The topological polar surface area (TPSA) is 37.4 Å². The van der Waals surface area contributed by atoms with Crippen LogP contribution < -0.4 is 0 Å². The van der Waals surface area contributed by atoms with Crippen LogP contribution in [0, 0.1) is 0 Å². The molecule has 0 aromatic rings. The van der Waals surface area contributed by atoms with Crippen LogP contribution in [0.2, 0.25) is 0 Å². The van der Waals surface area contributed by atoms with Gasteiger partial charge in [-0.3, -0.25) is 14.5 Å². The van der Waals surface area contributed by atoms with Crippen LogP contribution in [0.25, 0.3) is 0 Å². The Morgan fingerprint density at radius 2 is 1.91 bits per heavy atom. The number of nitrogens with zero attached hydrogens (tertiary/aromatic N) is 1. The van der Waals surface area contributed by atoms with Gasteiger partial charge in [-0.2, -0.15) is 0 Å². The Morgan fingerprint density at radius 1 is 1.45 bits per heavy atom. The molecule has 0 saturated heterocycles. The first kappa shape index (κ1) is 8.01. The van der Waals surface area contributed by atoms with Crippen LogP contribution in [-0.2, 0) is 9.59 Å². The lowest BCUT2D eigenvalue weighted by molar-refractivity contribution is -0.136. The maximum atomic E-state index is 10.8. The van der Waals surface area contributed by atoms with Crippen molar-refractivity contribution in [1.29, 1.82) is 0 Å². The third-order valence-corrected chi connectivity index (χ3v) is 1.35. The Hall–Kier alpha value is -1.09. The van der Waals surface area contributed by atoms with Gasteiger partial charge in [0.1, 0.15) is 0 Å². The summed E-state index contributed by atoms with van der Waals surface area (Å²) in [4.78, 5) is 22.7. The fraction of sp³-hybridized carbons (Fsp3) is 0.143. The van der Waals surface area contributed by atoms with Gasteiger partial charge in [0.25, 0.3) is 11.8 Å². The lowest BCUT2D eigenvalue weighted by Gasteiger charge is -2.11. The minimum absolute atomic E-state index is 0.0895. The summed E-state index contributed by atoms with van der Waals surface area (Å²) in [5.41, 5.74) is 0. The molecule has 1 aliphatic heterocycles. The van der Waals surface area contributed by atoms with Crippen LogP contribution in [0.4, 0.5) is 0 Å². The first-order valence-electron chi connectivity index (χ1n) is 2.98. The molecule has 0 unspecified atom stereocenters. The van der Waals surface area contributed by atoms with Crippen molar-refractivity contribution in [2.45, 2.75) is 0 Å². The second kappa shape index (κ2) is 2.88. The number of carbonyl (C=O) groups is 2. The predicted molar refractivity (Wildman–Crippen MR) is 40.9 cm³/mol. The Balaban J connectivity index is 2.66. The summed E-state index contributed by atoms with van der Waals surface area (Å²) in [5.74, 6) is -0.673. The van der Waals surface area contributed by atoms with Crippen molar-refractivity contribution in [3.05, 3.63) is 23.8 Å². The quantitative estimate of drug-likeness (QED) is 0.573. The van der Waals surface area contributed by atoms with Crippen molar-refractivity contribution in [1.82, 2.24) is 4.90 Å². The van der Waals surface area contributed by atoms with E-state index in [0.717, 1.165) is 4.90 Å².